The number of hydrogen-bond acceptors (Lipinski definition) is 10. The number of rotatable bonds is 17. The fourth-order valence-corrected chi connectivity index (χ4v) is 10.4. The van der Waals surface area contributed by atoms with Crippen LogP contribution in [0.3, 0.4) is 0 Å². The van der Waals surface area contributed by atoms with Gasteiger partial charge in [-0.15, -0.1) is 0 Å². The van der Waals surface area contributed by atoms with Crippen molar-refractivity contribution < 1.29 is 61.7 Å². The van der Waals surface area contributed by atoms with Crippen molar-refractivity contribution >= 4 is 39.3 Å². The van der Waals surface area contributed by atoms with Crippen LogP contribution in [0.2, 0.25) is 5.82 Å². The summed E-state index contributed by atoms with van der Waals surface area (Å²) in [5.74, 6) is -2.36. The summed E-state index contributed by atoms with van der Waals surface area (Å²) in [5.41, 5.74) is 1.80. The first kappa shape index (κ1) is 40.0. The van der Waals surface area contributed by atoms with Gasteiger partial charge in [0.2, 0.25) is 7.37 Å². The second kappa shape index (κ2) is 16.3. The van der Waals surface area contributed by atoms with Gasteiger partial charge in [0.15, 0.2) is 5.78 Å². The maximum absolute atomic E-state index is 14.0. The minimum atomic E-state index is -5.07. The van der Waals surface area contributed by atoms with Crippen LogP contribution in [0.5, 0.6) is 0 Å². The molecule has 5 atom stereocenters. The van der Waals surface area contributed by atoms with Crippen molar-refractivity contribution in [3.05, 3.63) is 54.4 Å². The molecule has 2 aliphatic rings. The second-order valence-electron chi connectivity index (χ2n) is 13.9. The monoisotopic (exact) mass is 739 g/mol. The number of pyridine rings is 1. The summed E-state index contributed by atoms with van der Waals surface area (Å²) in [6, 6.07) is 9.82. The van der Waals surface area contributed by atoms with Crippen molar-refractivity contribution in [2.45, 2.75) is 63.4 Å². The fourth-order valence-electron chi connectivity index (χ4n) is 7.32. The van der Waals surface area contributed by atoms with Crippen molar-refractivity contribution in [2.24, 2.45) is 5.92 Å². The lowest BCUT2D eigenvalue weighted by molar-refractivity contribution is -0.823. The van der Waals surface area contributed by atoms with E-state index in [1.807, 2.05) is 44.2 Å². The number of aliphatic hydroxyl groups is 1. The van der Waals surface area contributed by atoms with Crippen molar-refractivity contribution in [1.29, 1.82) is 0 Å². The summed E-state index contributed by atoms with van der Waals surface area (Å²) in [6.07, 6.45) is 1.31. The summed E-state index contributed by atoms with van der Waals surface area (Å²) in [4.78, 5) is 73.0. The van der Waals surface area contributed by atoms with Gasteiger partial charge in [-0.05, 0) is 36.7 Å². The molecule has 276 valence electrons. The van der Waals surface area contributed by atoms with Gasteiger partial charge in [-0.1, -0.05) is 50.6 Å². The van der Waals surface area contributed by atoms with E-state index in [1.54, 1.807) is 12.3 Å². The molecule has 1 aromatic heterocycles. The quantitative estimate of drug-likeness (QED) is 0.0897. The number of aromatic nitrogens is 1. The Kier molecular flexibility index (Phi) is 13.0. The Morgan fingerprint density at radius 3 is 2.20 bits per heavy atom. The third kappa shape index (κ3) is 9.36. The van der Waals surface area contributed by atoms with Gasteiger partial charge >= 0.3 is 20.3 Å². The summed E-state index contributed by atoms with van der Waals surface area (Å²) >= 11 is 0. The smallest absolute Gasteiger partial charge is 0.476 e. The Morgan fingerprint density at radius 1 is 1.00 bits per heavy atom. The van der Waals surface area contributed by atoms with E-state index in [9.17, 15) is 43.3 Å². The van der Waals surface area contributed by atoms with E-state index in [1.165, 1.54) is 13.1 Å². The molecule has 0 saturated carbocycles. The molecule has 1 amide bonds. The lowest BCUT2D eigenvalue weighted by atomic mass is 9.51. The number of nitrogens with zero attached hydrogens (tertiary/aromatic N) is 2. The van der Waals surface area contributed by atoms with E-state index >= 15 is 0 Å². The molecule has 0 aliphatic carbocycles. The maximum Gasteiger partial charge on any atom is 0.476 e. The van der Waals surface area contributed by atoms with Crippen LogP contribution in [0.25, 0.3) is 11.1 Å². The number of aliphatic hydroxyl groups excluding tert-OH is 1. The fraction of sp³-hybridized carbons (Fsp3) is 0.562. The molecular formula is C32H48BN3O12P2. The van der Waals surface area contributed by atoms with Crippen LogP contribution in [-0.4, -0.2) is 117 Å². The maximum atomic E-state index is 14.0. The van der Waals surface area contributed by atoms with E-state index in [2.05, 4.69) is 10.3 Å². The molecule has 0 radical (unpaired) electrons. The summed E-state index contributed by atoms with van der Waals surface area (Å²) < 4.78 is 42.2. The van der Waals surface area contributed by atoms with E-state index in [-0.39, 0.29) is 35.4 Å². The van der Waals surface area contributed by atoms with Gasteiger partial charge < -0.3 is 43.5 Å². The first-order chi connectivity index (χ1) is 23.4. The Hall–Kier alpha value is -2.78. The lowest BCUT2D eigenvalue weighted by Gasteiger charge is -2.51. The highest BCUT2D eigenvalue weighted by Crippen LogP contribution is 2.61. The van der Waals surface area contributed by atoms with Crippen LogP contribution < -0.4 is 5.32 Å². The number of carbonyl (C=O) groups is 3. The largest absolute Gasteiger partial charge is 0.509 e. The van der Waals surface area contributed by atoms with Crippen LogP contribution in [0.4, 0.5) is 0 Å². The molecule has 5 N–H and O–H groups in total. The zero-order chi connectivity index (χ0) is 36.9. The molecule has 4 rings (SSSR count). The van der Waals surface area contributed by atoms with E-state index in [0.29, 0.717) is 38.3 Å². The number of ether oxygens (including phenoxy) is 1. The van der Waals surface area contributed by atoms with Crippen LogP contribution in [0.15, 0.2) is 48.8 Å². The predicted molar refractivity (Wildman–Crippen MR) is 185 cm³/mol. The van der Waals surface area contributed by atoms with E-state index in [4.69, 9.17) is 14.0 Å². The number of carbonyl (C=O) groups excluding carboxylic acids is 3. The number of Topliss-reactive ketones (excluding diaryl/α,β-unsaturated/α-hetero) is 1. The highest BCUT2D eigenvalue weighted by Gasteiger charge is 2.62. The molecule has 3 unspecified atom stereocenters. The molecule has 50 heavy (non-hydrogen) atoms. The number of quaternary nitrogens is 1. The Labute approximate surface area is 291 Å². The third-order valence-electron chi connectivity index (χ3n) is 9.70. The predicted octanol–water partition coefficient (Wildman–Crippen LogP) is 2.76. The molecule has 2 aromatic rings. The number of esters is 1. The zero-order valence-electron chi connectivity index (χ0n) is 28.8. The van der Waals surface area contributed by atoms with Crippen molar-refractivity contribution in [3.8, 4) is 11.1 Å². The Bertz CT molecular complexity index is 1580. The number of hydrogen-bond donors (Lipinski definition) is 5. The molecule has 3 heterocycles. The highest BCUT2D eigenvalue weighted by molar-refractivity contribution is 7.73. The second-order valence-corrected chi connectivity index (χ2v) is 18.6. The molecule has 1 aromatic carbocycles. The molecule has 18 heteroatoms. The first-order valence-corrected chi connectivity index (χ1v) is 20.6. The van der Waals surface area contributed by atoms with Crippen molar-refractivity contribution in [2.75, 3.05) is 46.1 Å². The molecule has 15 nitrogen and oxygen atoms in total. The van der Waals surface area contributed by atoms with Crippen molar-refractivity contribution in [1.82, 2.24) is 10.3 Å². The standard InChI is InChI=1S/C32H48BN3O12P2/c1-22(2)16-27(18-28(38)31(23(3)37)35-32(40)26-17-25(20-34-21-26)24-8-6-5-7-9-24)33-36(11-14-47-33,12-15-48-33)10-13-46-29(39)19-30(49(4,41)42)50(43,44)45/h5-9,17,20-23,27,30-31,37H,10-16,18-19H2,1-4H3,(H,35,40)(H,41,42)(H2,43,44,45)/t23-,27-,30?,31?,33?,36?/m1/s1. The molecule has 2 aliphatic heterocycles. The zero-order valence-corrected chi connectivity index (χ0v) is 30.6. The highest BCUT2D eigenvalue weighted by atomic mass is 31.2. The van der Waals surface area contributed by atoms with Crippen molar-refractivity contribution in [3.63, 3.8) is 0 Å². The summed E-state index contributed by atoms with van der Waals surface area (Å²) in [7, 11) is -9.38. The molecular weight excluding hydrogens is 691 g/mol. The molecule has 0 bridgehead atoms. The Balaban J connectivity index is 1.49. The van der Waals surface area contributed by atoms with Gasteiger partial charge in [0, 0.05) is 24.6 Å². The van der Waals surface area contributed by atoms with Gasteiger partial charge in [-0.3, -0.25) is 28.5 Å². The van der Waals surface area contributed by atoms with Gasteiger partial charge in [-0.2, -0.15) is 0 Å². The van der Waals surface area contributed by atoms with Gasteiger partial charge in [0.05, 0.1) is 50.9 Å². The molecule has 0 spiro atoms. The van der Waals surface area contributed by atoms with Crippen LogP contribution in [0, 0.1) is 5.92 Å². The third-order valence-corrected chi connectivity index (χ3v) is 14.1. The van der Waals surface area contributed by atoms with E-state index in [0.717, 1.165) is 12.2 Å². The average molecular weight is 740 g/mol. The SMILES string of the molecule is CC(C)C[C@H](CC(=O)C(NC(=O)c1cncc(-c2ccccc2)c1)[C@@H](C)O)[B-]12OCC[N+]1(CCOC(=O)CC(P(C)(=O)O)P(=O)(O)O)CCO2. The van der Waals surface area contributed by atoms with Gasteiger partial charge in [0.1, 0.15) is 18.0 Å². The number of benzene rings is 1. The van der Waals surface area contributed by atoms with Gasteiger partial charge in [0.25, 0.3) is 5.91 Å². The first-order valence-electron chi connectivity index (χ1n) is 16.7. The average Bonchev–Trinajstić information content (AvgIpc) is 3.57. The summed E-state index contributed by atoms with van der Waals surface area (Å²) in [5, 5.41) is 11.3. The minimum Gasteiger partial charge on any atom is -0.509 e. The number of ketones is 1. The van der Waals surface area contributed by atoms with Gasteiger partial charge in [-0.25, -0.2) is 0 Å². The number of fused-ring (bicyclic) bond motifs is 1. The number of nitrogens with one attached hydrogen (secondary N) is 1. The lowest BCUT2D eigenvalue weighted by Crippen LogP contribution is -2.66. The van der Waals surface area contributed by atoms with Crippen LogP contribution >= 0.6 is 15.0 Å². The minimum absolute atomic E-state index is 0.0810. The van der Waals surface area contributed by atoms with E-state index < -0.39 is 69.1 Å². The number of amides is 1. The topological polar surface area (TPSA) is 219 Å². The summed E-state index contributed by atoms with van der Waals surface area (Å²) in [6.45, 7) is 5.64. The van der Waals surface area contributed by atoms with Crippen LogP contribution in [-0.2, 0) is 32.8 Å². The Morgan fingerprint density at radius 2 is 1.64 bits per heavy atom. The normalized spacial score (nSPS) is 24.1. The van der Waals surface area contributed by atoms with Crippen LogP contribution in [0.1, 0.15) is 50.4 Å². The molecule has 2 saturated heterocycles. The molecule has 2 fully saturated rings.